The van der Waals surface area contributed by atoms with E-state index in [2.05, 4.69) is 21.9 Å². The van der Waals surface area contributed by atoms with Crippen molar-refractivity contribution in [3.63, 3.8) is 0 Å². The van der Waals surface area contributed by atoms with Gasteiger partial charge in [-0.25, -0.2) is 0 Å². The Morgan fingerprint density at radius 2 is 1.62 bits per heavy atom. The van der Waals surface area contributed by atoms with Crippen molar-refractivity contribution in [3.05, 3.63) is 59.7 Å². The third kappa shape index (κ3) is 4.06. The minimum Gasteiger partial charge on any atom is -0.454 e. The fraction of sp³-hybridized carbons (Fsp3) is 0.381. The number of carbonyl (C=O) groups excluding carboxylic acids is 1. The van der Waals surface area contributed by atoms with Crippen LogP contribution in [0.15, 0.2) is 48.5 Å². The van der Waals surface area contributed by atoms with E-state index in [1.165, 1.54) is 5.56 Å². The highest BCUT2D eigenvalue weighted by molar-refractivity contribution is 5.96. The summed E-state index contributed by atoms with van der Waals surface area (Å²) in [5.41, 5.74) is 2.07. The van der Waals surface area contributed by atoms with Crippen LogP contribution in [-0.2, 0) is 6.54 Å². The van der Waals surface area contributed by atoms with Crippen LogP contribution in [0.1, 0.15) is 22.3 Å². The molecule has 4 rings (SSSR count). The lowest BCUT2D eigenvalue weighted by molar-refractivity contribution is 0.0922. The molecule has 1 fully saturated rings. The molecule has 2 aliphatic rings. The lowest BCUT2D eigenvalue weighted by atomic mass is 10.1. The van der Waals surface area contributed by atoms with Crippen LogP contribution in [0.5, 0.6) is 11.5 Å². The number of hydrogen-bond acceptors (Lipinski definition) is 5. The SMILES string of the molecule is O=C(CCN1CCN(Cc2ccc3c(c2)OCO3)CC1)c1ccccc1. The highest BCUT2D eigenvalue weighted by atomic mass is 16.7. The zero-order chi connectivity index (χ0) is 17.8. The maximum atomic E-state index is 12.2. The number of hydrogen-bond donors (Lipinski definition) is 0. The summed E-state index contributed by atoms with van der Waals surface area (Å²) in [6, 6.07) is 15.7. The third-order valence-corrected chi connectivity index (χ3v) is 5.06. The predicted octanol–water partition coefficient (Wildman–Crippen LogP) is 2.81. The van der Waals surface area contributed by atoms with E-state index in [0.29, 0.717) is 13.2 Å². The van der Waals surface area contributed by atoms with Gasteiger partial charge >= 0.3 is 0 Å². The van der Waals surface area contributed by atoms with Gasteiger partial charge < -0.3 is 14.4 Å². The number of piperazine rings is 1. The molecule has 5 heteroatoms. The third-order valence-electron chi connectivity index (χ3n) is 5.06. The summed E-state index contributed by atoms with van der Waals surface area (Å²) in [7, 11) is 0. The second kappa shape index (κ2) is 7.89. The Bertz CT molecular complexity index is 755. The van der Waals surface area contributed by atoms with Crippen LogP contribution < -0.4 is 9.47 Å². The van der Waals surface area contributed by atoms with E-state index in [1.54, 1.807) is 0 Å². The lowest BCUT2D eigenvalue weighted by Crippen LogP contribution is -2.46. The van der Waals surface area contributed by atoms with E-state index in [4.69, 9.17) is 9.47 Å². The number of benzene rings is 2. The van der Waals surface area contributed by atoms with Gasteiger partial charge in [0.2, 0.25) is 6.79 Å². The molecule has 0 amide bonds. The number of nitrogens with zero attached hydrogens (tertiary/aromatic N) is 2. The van der Waals surface area contributed by atoms with Gasteiger partial charge in [0.05, 0.1) is 0 Å². The van der Waals surface area contributed by atoms with Crippen LogP contribution in [0, 0.1) is 0 Å². The van der Waals surface area contributed by atoms with Gasteiger partial charge in [-0.05, 0) is 17.7 Å². The van der Waals surface area contributed by atoms with Crippen LogP contribution >= 0.6 is 0 Å². The molecule has 0 saturated carbocycles. The van der Waals surface area contributed by atoms with E-state index in [1.807, 2.05) is 36.4 Å². The fourth-order valence-corrected chi connectivity index (χ4v) is 3.50. The molecule has 0 aromatic heterocycles. The normalized spacial score (nSPS) is 17.4. The molecule has 2 aromatic carbocycles. The maximum Gasteiger partial charge on any atom is 0.231 e. The van der Waals surface area contributed by atoms with Crippen molar-refractivity contribution in [2.75, 3.05) is 39.5 Å². The second-order valence-electron chi connectivity index (χ2n) is 6.84. The minimum atomic E-state index is 0.230. The summed E-state index contributed by atoms with van der Waals surface area (Å²) in [4.78, 5) is 17.1. The summed E-state index contributed by atoms with van der Waals surface area (Å²) < 4.78 is 10.8. The van der Waals surface area contributed by atoms with Gasteiger partial charge in [0.15, 0.2) is 17.3 Å². The Hall–Kier alpha value is -2.37. The summed E-state index contributed by atoms with van der Waals surface area (Å²) in [5.74, 6) is 1.91. The first-order valence-electron chi connectivity index (χ1n) is 9.19. The Labute approximate surface area is 154 Å². The van der Waals surface area contributed by atoms with Crippen molar-refractivity contribution in [3.8, 4) is 11.5 Å². The molecule has 26 heavy (non-hydrogen) atoms. The molecular weight excluding hydrogens is 328 g/mol. The van der Waals surface area contributed by atoms with Crippen molar-refractivity contribution >= 4 is 5.78 Å². The van der Waals surface area contributed by atoms with Crippen LogP contribution in [0.4, 0.5) is 0 Å². The Balaban J connectivity index is 1.22. The first kappa shape index (κ1) is 17.1. The van der Waals surface area contributed by atoms with Gasteiger partial charge in [-0.15, -0.1) is 0 Å². The second-order valence-corrected chi connectivity index (χ2v) is 6.84. The number of carbonyl (C=O) groups is 1. The number of rotatable bonds is 6. The Morgan fingerprint density at radius 1 is 0.885 bits per heavy atom. The number of ketones is 1. The highest BCUT2D eigenvalue weighted by Gasteiger charge is 2.19. The van der Waals surface area contributed by atoms with Crippen LogP contribution in [-0.4, -0.2) is 55.1 Å². The van der Waals surface area contributed by atoms with E-state index in [0.717, 1.165) is 56.3 Å². The van der Waals surface area contributed by atoms with Crippen LogP contribution in [0.3, 0.4) is 0 Å². The molecule has 0 spiro atoms. The zero-order valence-corrected chi connectivity index (χ0v) is 14.9. The number of ether oxygens (including phenoxy) is 2. The molecule has 0 radical (unpaired) electrons. The average molecular weight is 352 g/mol. The van der Waals surface area contributed by atoms with Crippen molar-refractivity contribution in [2.24, 2.45) is 0 Å². The summed E-state index contributed by atoms with van der Waals surface area (Å²) in [6.07, 6.45) is 0.589. The van der Waals surface area contributed by atoms with Gasteiger partial charge in [-0.2, -0.15) is 0 Å². The van der Waals surface area contributed by atoms with Crippen LogP contribution in [0.2, 0.25) is 0 Å². The molecule has 136 valence electrons. The molecule has 5 nitrogen and oxygen atoms in total. The largest absolute Gasteiger partial charge is 0.454 e. The van der Waals surface area contributed by atoms with Gasteiger partial charge in [0, 0.05) is 51.3 Å². The molecule has 0 bridgehead atoms. The first-order chi connectivity index (χ1) is 12.8. The fourth-order valence-electron chi connectivity index (χ4n) is 3.50. The van der Waals surface area contributed by atoms with Crippen LogP contribution in [0.25, 0.3) is 0 Å². The van der Waals surface area contributed by atoms with Crippen molar-refractivity contribution < 1.29 is 14.3 Å². The quantitative estimate of drug-likeness (QED) is 0.748. The zero-order valence-electron chi connectivity index (χ0n) is 14.9. The molecule has 2 aromatic rings. The minimum absolute atomic E-state index is 0.230. The molecule has 2 heterocycles. The molecule has 0 unspecified atom stereocenters. The smallest absolute Gasteiger partial charge is 0.231 e. The Kier molecular flexibility index (Phi) is 5.18. The van der Waals surface area contributed by atoms with Gasteiger partial charge in [-0.3, -0.25) is 9.69 Å². The van der Waals surface area contributed by atoms with E-state index >= 15 is 0 Å². The van der Waals surface area contributed by atoms with Gasteiger partial charge in [0.25, 0.3) is 0 Å². The summed E-state index contributed by atoms with van der Waals surface area (Å²) >= 11 is 0. The predicted molar refractivity (Wildman–Crippen MR) is 99.7 cm³/mol. The molecule has 0 N–H and O–H groups in total. The number of fused-ring (bicyclic) bond motifs is 1. The first-order valence-corrected chi connectivity index (χ1v) is 9.19. The van der Waals surface area contributed by atoms with E-state index < -0.39 is 0 Å². The van der Waals surface area contributed by atoms with Gasteiger partial charge in [0.1, 0.15) is 0 Å². The molecule has 0 aliphatic carbocycles. The van der Waals surface area contributed by atoms with Crippen molar-refractivity contribution in [1.29, 1.82) is 0 Å². The topological polar surface area (TPSA) is 42.0 Å². The molecule has 1 saturated heterocycles. The Morgan fingerprint density at radius 3 is 2.42 bits per heavy atom. The van der Waals surface area contributed by atoms with Crippen molar-refractivity contribution in [2.45, 2.75) is 13.0 Å². The van der Waals surface area contributed by atoms with E-state index in [-0.39, 0.29) is 5.78 Å². The van der Waals surface area contributed by atoms with Gasteiger partial charge in [-0.1, -0.05) is 36.4 Å². The summed E-state index contributed by atoms with van der Waals surface area (Å²) in [5, 5.41) is 0. The molecule has 2 aliphatic heterocycles. The molecule has 0 atom stereocenters. The maximum absolute atomic E-state index is 12.2. The summed E-state index contributed by atoms with van der Waals surface area (Å²) in [6.45, 7) is 6.14. The monoisotopic (exact) mass is 352 g/mol. The average Bonchev–Trinajstić information content (AvgIpc) is 3.16. The van der Waals surface area contributed by atoms with Crippen molar-refractivity contribution in [1.82, 2.24) is 9.80 Å². The highest BCUT2D eigenvalue weighted by Crippen LogP contribution is 2.32. The molecular formula is C21H24N2O3. The number of Topliss-reactive ketones (excluding diaryl/α,β-unsaturated/α-hetero) is 1. The standard InChI is InChI=1S/C21H24N2O3/c24-19(18-4-2-1-3-5-18)8-9-22-10-12-23(13-11-22)15-17-6-7-20-21(14-17)26-16-25-20/h1-7,14H,8-13,15-16H2. The van der Waals surface area contributed by atoms with E-state index in [9.17, 15) is 4.79 Å². The lowest BCUT2D eigenvalue weighted by Gasteiger charge is -2.34.